The summed E-state index contributed by atoms with van der Waals surface area (Å²) in [6.45, 7) is 0.483. The fraction of sp³-hybridized carbons (Fsp3) is 0.320. The molecule has 0 unspecified atom stereocenters. The molecule has 1 heterocycles. The second-order valence-electron chi connectivity index (χ2n) is 8.23. The van der Waals surface area contributed by atoms with E-state index in [0.29, 0.717) is 52.0 Å². The third-order valence-electron chi connectivity index (χ3n) is 5.86. The molecule has 1 aliphatic carbocycles. The van der Waals surface area contributed by atoms with Crippen LogP contribution in [0.5, 0.6) is 5.75 Å². The maximum Gasteiger partial charge on any atom is 0.306 e. The van der Waals surface area contributed by atoms with E-state index in [1.807, 2.05) is 0 Å². The summed E-state index contributed by atoms with van der Waals surface area (Å²) in [5, 5.41) is 15.2. The van der Waals surface area contributed by atoms with E-state index in [1.54, 1.807) is 42.5 Å². The van der Waals surface area contributed by atoms with Gasteiger partial charge in [-0.05, 0) is 67.5 Å². The second kappa shape index (κ2) is 10.6. The van der Waals surface area contributed by atoms with Gasteiger partial charge in [0.25, 0.3) is 11.8 Å². The normalized spacial score (nSPS) is 17.8. The molecule has 2 aromatic carbocycles. The third-order valence-corrected chi connectivity index (χ3v) is 7.02. The molecule has 4 rings (SSSR count). The summed E-state index contributed by atoms with van der Waals surface area (Å²) in [6, 6.07) is 13.1. The molecule has 0 spiro atoms. The van der Waals surface area contributed by atoms with Crippen LogP contribution >= 0.6 is 11.3 Å². The number of rotatable bonds is 8. The molecular formula is C25H25FN2O5S. The lowest BCUT2D eigenvalue weighted by molar-refractivity contribution is -0.143. The van der Waals surface area contributed by atoms with Gasteiger partial charge in [-0.2, -0.15) is 0 Å². The average molecular weight is 485 g/mol. The van der Waals surface area contributed by atoms with Crippen molar-refractivity contribution in [1.82, 2.24) is 10.6 Å². The zero-order chi connectivity index (χ0) is 24.1. The highest BCUT2D eigenvalue weighted by Crippen LogP contribution is 2.29. The molecule has 0 saturated heterocycles. The van der Waals surface area contributed by atoms with E-state index in [0.717, 1.165) is 11.3 Å². The van der Waals surface area contributed by atoms with Crippen LogP contribution in [0.3, 0.4) is 0 Å². The maximum absolute atomic E-state index is 13.8. The molecule has 34 heavy (non-hydrogen) atoms. The van der Waals surface area contributed by atoms with Gasteiger partial charge < -0.3 is 20.5 Å². The number of hydrogen-bond donors (Lipinski definition) is 3. The Kier molecular flexibility index (Phi) is 7.42. The minimum absolute atomic E-state index is 0.0173. The lowest BCUT2D eigenvalue weighted by atomic mass is 9.87. The molecule has 3 aromatic rings. The molecule has 2 amide bonds. The number of ether oxygens (including phenoxy) is 1. The zero-order valence-corrected chi connectivity index (χ0v) is 19.2. The lowest BCUT2D eigenvalue weighted by Gasteiger charge is -2.26. The van der Waals surface area contributed by atoms with E-state index < -0.39 is 5.97 Å². The number of carboxylic acid groups (broad SMARTS) is 1. The summed E-state index contributed by atoms with van der Waals surface area (Å²) in [4.78, 5) is 36.1. The Bertz CT molecular complexity index is 1190. The number of nitrogens with one attached hydrogen (secondary N) is 2. The first-order valence-corrected chi connectivity index (χ1v) is 12.0. The summed E-state index contributed by atoms with van der Waals surface area (Å²) < 4.78 is 20.2. The number of benzene rings is 2. The monoisotopic (exact) mass is 484 g/mol. The minimum atomic E-state index is -0.746. The van der Waals surface area contributed by atoms with Gasteiger partial charge in [0.1, 0.15) is 11.6 Å². The molecular weight excluding hydrogens is 459 g/mol. The van der Waals surface area contributed by atoms with E-state index >= 15 is 0 Å². The Morgan fingerprint density at radius 2 is 1.65 bits per heavy atom. The number of carboxylic acids is 1. The smallest absolute Gasteiger partial charge is 0.306 e. The molecule has 0 aliphatic heterocycles. The van der Waals surface area contributed by atoms with Crippen LogP contribution in [0, 0.1) is 11.7 Å². The van der Waals surface area contributed by atoms with E-state index in [9.17, 15) is 18.8 Å². The quantitative estimate of drug-likeness (QED) is 0.415. The Morgan fingerprint density at radius 3 is 2.29 bits per heavy atom. The number of amides is 2. The van der Waals surface area contributed by atoms with Gasteiger partial charge in [-0.25, -0.2) is 4.39 Å². The molecule has 178 valence electrons. The molecule has 1 aliphatic rings. The zero-order valence-electron chi connectivity index (χ0n) is 18.4. The van der Waals surface area contributed by atoms with Crippen LogP contribution in [-0.4, -0.2) is 42.1 Å². The standard InChI is InChI=1S/C25H25FN2O5S/c26-20-3-1-2-17-14-21(34-22(17)20)24(30)28-13-12-27-23(29)15-4-8-18(9-5-15)33-19-10-6-16(7-11-19)25(31)32/h1-5,8-9,14,16,19H,6-7,10-13H2,(H,27,29)(H,28,30)(H,31,32)/t16-,19+. The van der Waals surface area contributed by atoms with Gasteiger partial charge in [0, 0.05) is 18.7 Å². The van der Waals surface area contributed by atoms with Crippen LogP contribution in [0.15, 0.2) is 48.5 Å². The summed E-state index contributed by atoms with van der Waals surface area (Å²) in [5.41, 5.74) is 0.466. The van der Waals surface area contributed by atoms with Crippen molar-refractivity contribution in [1.29, 1.82) is 0 Å². The van der Waals surface area contributed by atoms with Gasteiger partial charge >= 0.3 is 5.97 Å². The van der Waals surface area contributed by atoms with Gasteiger partial charge in [-0.1, -0.05) is 12.1 Å². The van der Waals surface area contributed by atoms with Crippen molar-refractivity contribution >= 4 is 39.2 Å². The summed E-state index contributed by atoms with van der Waals surface area (Å²) in [6.07, 6.45) is 2.59. The molecule has 3 N–H and O–H groups in total. The molecule has 0 atom stereocenters. The average Bonchev–Trinajstić information content (AvgIpc) is 3.28. The van der Waals surface area contributed by atoms with Gasteiger partial charge in [0.15, 0.2) is 0 Å². The number of fused-ring (bicyclic) bond motifs is 1. The fourth-order valence-electron chi connectivity index (χ4n) is 3.99. The Labute approximate surface area is 199 Å². The van der Waals surface area contributed by atoms with Crippen LogP contribution in [0.25, 0.3) is 10.1 Å². The summed E-state index contributed by atoms with van der Waals surface area (Å²) in [7, 11) is 0. The highest BCUT2D eigenvalue weighted by molar-refractivity contribution is 7.20. The molecule has 0 radical (unpaired) electrons. The Balaban J connectivity index is 1.20. The number of hydrogen-bond acceptors (Lipinski definition) is 5. The lowest BCUT2D eigenvalue weighted by Crippen LogP contribution is -2.34. The van der Waals surface area contributed by atoms with Crippen molar-refractivity contribution < 1.29 is 28.6 Å². The summed E-state index contributed by atoms with van der Waals surface area (Å²) >= 11 is 1.10. The van der Waals surface area contributed by atoms with E-state index in [4.69, 9.17) is 9.84 Å². The van der Waals surface area contributed by atoms with Gasteiger partial charge in [-0.3, -0.25) is 14.4 Å². The predicted molar refractivity (Wildman–Crippen MR) is 127 cm³/mol. The van der Waals surface area contributed by atoms with Crippen LogP contribution in [0.2, 0.25) is 0 Å². The third kappa shape index (κ3) is 5.72. The molecule has 1 saturated carbocycles. The maximum atomic E-state index is 13.8. The van der Waals surface area contributed by atoms with Crippen molar-refractivity contribution in [3.05, 3.63) is 64.8 Å². The van der Waals surface area contributed by atoms with E-state index in [-0.39, 0.29) is 42.7 Å². The highest BCUT2D eigenvalue weighted by atomic mass is 32.1. The van der Waals surface area contributed by atoms with Gasteiger partial charge in [-0.15, -0.1) is 11.3 Å². The molecule has 1 fully saturated rings. The second-order valence-corrected chi connectivity index (χ2v) is 9.29. The van der Waals surface area contributed by atoms with Gasteiger partial charge in [0.2, 0.25) is 0 Å². The van der Waals surface area contributed by atoms with E-state index in [1.165, 1.54) is 6.07 Å². The number of carbonyl (C=O) groups is 3. The summed E-state index contributed by atoms with van der Waals surface area (Å²) in [5.74, 6) is -1.33. The number of halogens is 1. The van der Waals surface area contributed by atoms with Gasteiger partial charge in [0.05, 0.1) is 21.6 Å². The first-order valence-electron chi connectivity index (χ1n) is 11.1. The van der Waals surface area contributed by atoms with Crippen LogP contribution < -0.4 is 15.4 Å². The van der Waals surface area contributed by atoms with Crippen molar-refractivity contribution in [2.45, 2.75) is 31.8 Å². The minimum Gasteiger partial charge on any atom is -0.490 e. The largest absolute Gasteiger partial charge is 0.490 e. The molecule has 7 nitrogen and oxygen atoms in total. The van der Waals surface area contributed by atoms with Crippen molar-refractivity contribution in [3.63, 3.8) is 0 Å². The van der Waals surface area contributed by atoms with Crippen LogP contribution in [-0.2, 0) is 4.79 Å². The number of thiophene rings is 1. The molecule has 0 bridgehead atoms. The van der Waals surface area contributed by atoms with Crippen molar-refractivity contribution in [2.24, 2.45) is 5.92 Å². The van der Waals surface area contributed by atoms with Crippen molar-refractivity contribution in [3.8, 4) is 5.75 Å². The Morgan fingerprint density at radius 1 is 0.971 bits per heavy atom. The van der Waals surface area contributed by atoms with E-state index in [2.05, 4.69) is 10.6 Å². The van der Waals surface area contributed by atoms with Crippen molar-refractivity contribution in [2.75, 3.05) is 13.1 Å². The Hall–Kier alpha value is -3.46. The van der Waals surface area contributed by atoms with Crippen LogP contribution in [0.1, 0.15) is 45.7 Å². The van der Waals surface area contributed by atoms with Crippen LogP contribution in [0.4, 0.5) is 4.39 Å². The first kappa shape index (κ1) is 23.7. The number of aliphatic carboxylic acids is 1. The molecule has 1 aromatic heterocycles. The SMILES string of the molecule is O=C(NCCNC(=O)c1cc2cccc(F)c2s1)c1ccc(O[C@H]2CC[C@@H](C(=O)O)CC2)cc1. The molecule has 9 heteroatoms. The first-order chi connectivity index (χ1) is 16.4. The highest BCUT2D eigenvalue weighted by Gasteiger charge is 2.26. The predicted octanol–water partition coefficient (Wildman–Crippen LogP) is 4.22. The number of carbonyl (C=O) groups excluding carboxylic acids is 2. The topological polar surface area (TPSA) is 105 Å². The fourth-order valence-corrected chi connectivity index (χ4v) is 4.97.